The van der Waals surface area contributed by atoms with Crippen molar-refractivity contribution < 1.29 is 0 Å². The Kier molecular flexibility index (Phi) is 4.90. The minimum absolute atomic E-state index is 0. The molecule has 1 aromatic carbocycles. The van der Waals surface area contributed by atoms with E-state index in [1.54, 1.807) is 0 Å². The lowest BCUT2D eigenvalue weighted by Crippen LogP contribution is -1.78. The first-order valence-electron chi connectivity index (χ1n) is 2.97. The lowest BCUT2D eigenvalue weighted by Gasteiger charge is -1.89. The average molecular weight is 157 g/mol. The highest BCUT2D eigenvalue weighted by Gasteiger charge is 1.80. The van der Waals surface area contributed by atoms with Crippen molar-refractivity contribution >= 4 is 28.7 Å². The first-order valence-corrected chi connectivity index (χ1v) is 4.39. The Morgan fingerprint density at radius 3 is 2.00 bits per heavy atom. The fraction of sp³-hybridized carbons (Fsp3) is 0.143. The van der Waals surface area contributed by atoms with Crippen molar-refractivity contribution in [3.05, 3.63) is 35.9 Å². The summed E-state index contributed by atoms with van der Waals surface area (Å²) in [4.78, 5) is 0. The standard InChI is InChI=1S/C7H7.Al.ClH.2H/c1-7-5-3-2-4-6-7;;;;/h2-6H,1H2;;1H;;. The number of hydrogen-bond donors (Lipinski definition) is 0. The smallest absolute Gasteiger partial charge is 0.147 e. The zero-order valence-corrected chi connectivity index (χ0v) is 8.32. The first kappa shape index (κ1) is 9.04. The maximum atomic E-state index is 2.17. The second-order valence-corrected chi connectivity index (χ2v) is 2.55. The van der Waals surface area contributed by atoms with E-state index in [4.69, 9.17) is 0 Å². The van der Waals surface area contributed by atoms with Gasteiger partial charge in [-0.05, 0) is 0 Å². The number of hydrogen-bond acceptors (Lipinski definition) is 0. The van der Waals surface area contributed by atoms with Gasteiger partial charge in [0.1, 0.15) is 0 Å². The van der Waals surface area contributed by atoms with E-state index in [2.05, 4.69) is 30.3 Å². The van der Waals surface area contributed by atoms with Crippen molar-refractivity contribution in [2.45, 2.75) is 5.28 Å². The quantitative estimate of drug-likeness (QED) is 0.537. The van der Waals surface area contributed by atoms with E-state index in [0.29, 0.717) is 0 Å². The van der Waals surface area contributed by atoms with E-state index in [9.17, 15) is 0 Å². The lowest BCUT2D eigenvalue weighted by molar-refractivity contribution is 1.40. The molecule has 0 fully saturated rings. The highest BCUT2D eigenvalue weighted by atomic mass is 35.5. The summed E-state index contributed by atoms with van der Waals surface area (Å²) in [5.74, 6) is 0. The average Bonchev–Trinajstić information content (AvgIpc) is 1.90. The molecule has 0 saturated carbocycles. The van der Waals surface area contributed by atoms with Crippen LogP contribution in [0.3, 0.4) is 0 Å². The molecule has 0 spiro atoms. The molecule has 0 aliphatic heterocycles. The Balaban J connectivity index is 0.000000640. The molecule has 0 saturated heterocycles. The fourth-order valence-electron chi connectivity index (χ4n) is 0.714. The second kappa shape index (κ2) is 4.88. The van der Waals surface area contributed by atoms with Gasteiger partial charge in [0, 0.05) is 0 Å². The van der Waals surface area contributed by atoms with Gasteiger partial charge >= 0.3 is 0 Å². The van der Waals surface area contributed by atoms with Gasteiger partial charge in [0.2, 0.25) is 16.3 Å². The zero-order chi connectivity index (χ0) is 5.82. The van der Waals surface area contributed by atoms with E-state index in [1.807, 2.05) is 0 Å². The molecule has 0 aliphatic carbocycles. The SMILES string of the molecule is Cl.[AlH2][CH2]c1ccccc1. The van der Waals surface area contributed by atoms with Gasteiger partial charge in [0.05, 0.1) is 0 Å². The van der Waals surface area contributed by atoms with Crippen LogP contribution in [0, 0.1) is 0 Å². The minimum Gasteiger partial charge on any atom is -0.147 e. The van der Waals surface area contributed by atoms with Crippen molar-refractivity contribution in [2.24, 2.45) is 0 Å². The van der Waals surface area contributed by atoms with E-state index in [0.717, 1.165) is 0 Å². The Bertz CT molecular complexity index is 150. The minimum atomic E-state index is 0. The normalized spacial score (nSPS) is 8.00. The van der Waals surface area contributed by atoms with Crippen LogP contribution >= 0.6 is 12.4 Å². The van der Waals surface area contributed by atoms with Crippen molar-refractivity contribution in [1.29, 1.82) is 0 Å². The van der Waals surface area contributed by atoms with Crippen LogP contribution in [0.5, 0.6) is 0 Å². The van der Waals surface area contributed by atoms with E-state index in [-0.39, 0.29) is 12.4 Å². The molecule has 1 rings (SSSR count). The molecule has 0 bridgehead atoms. The van der Waals surface area contributed by atoms with E-state index >= 15 is 0 Å². The van der Waals surface area contributed by atoms with Crippen molar-refractivity contribution in [3.8, 4) is 0 Å². The molecule has 0 atom stereocenters. The van der Waals surface area contributed by atoms with Gasteiger partial charge in [0.25, 0.3) is 0 Å². The second-order valence-electron chi connectivity index (χ2n) is 1.84. The number of halogens is 1. The van der Waals surface area contributed by atoms with Crippen molar-refractivity contribution in [1.82, 2.24) is 0 Å². The maximum Gasteiger partial charge on any atom is 0.218 e. The highest BCUT2D eigenvalue weighted by Crippen LogP contribution is 1.95. The summed E-state index contributed by atoms with van der Waals surface area (Å²) in [5.41, 5.74) is 1.47. The Morgan fingerprint density at radius 1 is 1.11 bits per heavy atom. The fourth-order valence-corrected chi connectivity index (χ4v) is 1.19. The first-order chi connectivity index (χ1) is 3.93. The van der Waals surface area contributed by atoms with Crippen LogP contribution in [-0.4, -0.2) is 16.3 Å². The van der Waals surface area contributed by atoms with Gasteiger partial charge < -0.3 is 0 Å². The molecule has 0 N–H and O–H groups in total. The predicted molar refractivity (Wildman–Crippen MR) is 45.9 cm³/mol. The summed E-state index contributed by atoms with van der Waals surface area (Å²) >= 11 is 1.28. The largest absolute Gasteiger partial charge is 0.218 e. The zero-order valence-electron chi connectivity index (χ0n) is 5.50. The van der Waals surface area contributed by atoms with Crippen LogP contribution < -0.4 is 0 Å². The summed E-state index contributed by atoms with van der Waals surface area (Å²) < 4.78 is 0. The summed E-state index contributed by atoms with van der Waals surface area (Å²) in [7, 11) is 0. The monoisotopic (exact) mass is 156 g/mol. The Morgan fingerprint density at radius 2 is 1.67 bits per heavy atom. The van der Waals surface area contributed by atoms with Gasteiger partial charge in [-0.25, -0.2) is 0 Å². The van der Waals surface area contributed by atoms with Crippen LogP contribution in [0.25, 0.3) is 0 Å². The molecule has 9 heavy (non-hydrogen) atoms. The molecular formula is C7H10AlCl. The molecule has 0 nitrogen and oxygen atoms in total. The van der Waals surface area contributed by atoms with Gasteiger partial charge in [-0.1, -0.05) is 41.2 Å². The third-order valence-corrected chi connectivity index (χ3v) is 2.07. The Hall–Kier alpha value is 0.0425. The van der Waals surface area contributed by atoms with Gasteiger partial charge in [-0.3, -0.25) is 0 Å². The molecule has 0 unspecified atom stereocenters. The van der Waals surface area contributed by atoms with Gasteiger partial charge in [0.15, 0.2) is 0 Å². The van der Waals surface area contributed by atoms with E-state index < -0.39 is 0 Å². The molecule has 48 valence electrons. The molecule has 2 heteroatoms. The lowest BCUT2D eigenvalue weighted by atomic mass is 10.2. The summed E-state index contributed by atoms with van der Waals surface area (Å²) in [6.45, 7) is 0. The van der Waals surface area contributed by atoms with Crippen LogP contribution in [-0.2, 0) is 5.28 Å². The van der Waals surface area contributed by atoms with Gasteiger partial charge in [-0.15, -0.1) is 12.4 Å². The predicted octanol–water partition coefficient (Wildman–Crippen LogP) is 1.24. The number of rotatable bonds is 1. The molecule has 0 radical (unpaired) electrons. The summed E-state index contributed by atoms with van der Waals surface area (Å²) in [6, 6.07) is 10.6. The molecule has 1 aromatic rings. The molecular weight excluding hydrogens is 147 g/mol. The van der Waals surface area contributed by atoms with Crippen LogP contribution in [0.4, 0.5) is 0 Å². The topological polar surface area (TPSA) is 0 Å². The molecule has 0 aliphatic rings. The summed E-state index contributed by atoms with van der Waals surface area (Å²) in [5, 5.41) is 1.28. The van der Waals surface area contributed by atoms with Crippen molar-refractivity contribution in [2.75, 3.05) is 0 Å². The van der Waals surface area contributed by atoms with Crippen molar-refractivity contribution in [3.63, 3.8) is 0 Å². The van der Waals surface area contributed by atoms with Crippen LogP contribution in [0.2, 0.25) is 0 Å². The molecule has 0 amide bonds. The summed E-state index contributed by atoms with van der Waals surface area (Å²) in [6.07, 6.45) is 0. The maximum absolute atomic E-state index is 2.17. The molecule has 0 heterocycles. The van der Waals surface area contributed by atoms with Crippen LogP contribution in [0.15, 0.2) is 30.3 Å². The third kappa shape index (κ3) is 2.91. The van der Waals surface area contributed by atoms with Gasteiger partial charge in [-0.2, -0.15) is 0 Å². The highest BCUT2D eigenvalue weighted by molar-refractivity contribution is 6.08. The Labute approximate surface area is 70.1 Å². The third-order valence-electron chi connectivity index (χ3n) is 1.25. The van der Waals surface area contributed by atoms with Crippen LogP contribution in [0.1, 0.15) is 5.56 Å². The number of benzene rings is 1. The van der Waals surface area contributed by atoms with E-state index in [1.165, 1.54) is 27.1 Å². The molecule has 0 aromatic heterocycles.